The summed E-state index contributed by atoms with van der Waals surface area (Å²) in [5.41, 5.74) is 7.42. The SMILES string of the molecule is NCC#Cc1ccc(COc2ccccc2)cc1. The predicted molar refractivity (Wildman–Crippen MR) is 73.1 cm³/mol. The Morgan fingerprint density at radius 1 is 0.944 bits per heavy atom. The Labute approximate surface area is 107 Å². The lowest BCUT2D eigenvalue weighted by atomic mass is 10.1. The van der Waals surface area contributed by atoms with Crippen LogP contribution >= 0.6 is 0 Å². The van der Waals surface area contributed by atoms with Gasteiger partial charge in [-0.05, 0) is 29.8 Å². The van der Waals surface area contributed by atoms with Gasteiger partial charge in [0, 0.05) is 5.56 Å². The number of rotatable bonds is 3. The van der Waals surface area contributed by atoms with Crippen molar-refractivity contribution in [3.05, 3.63) is 65.7 Å². The van der Waals surface area contributed by atoms with Crippen molar-refractivity contribution in [2.24, 2.45) is 5.73 Å². The summed E-state index contributed by atoms with van der Waals surface area (Å²) >= 11 is 0. The normalized spacial score (nSPS) is 9.39. The first-order chi connectivity index (χ1) is 8.88. The molecule has 0 saturated heterocycles. The molecule has 0 aliphatic heterocycles. The topological polar surface area (TPSA) is 35.2 Å². The molecule has 2 nitrogen and oxygen atoms in total. The zero-order valence-corrected chi connectivity index (χ0v) is 10.1. The van der Waals surface area contributed by atoms with Gasteiger partial charge in [-0.2, -0.15) is 0 Å². The van der Waals surface area contributed by atoms with Gasteiger partial charge in [-0.25, -0.2) is 0 Å². The maximum atomic E-state index is 5.66. The van der Waals surface area contributed by atoms with Crippen molar-refractivity contribution in [2.45, 2.75) is 6.61 Å². The van der Waals surface area contributed by atoms with Crippen LogP contribution in [0.1, 0.15) is 11.1 Å². The molecule has 2 N–H and O–H groups in total. The molecule has 18 heavy (non-hydrogen) atoms. The second-order valence-electron chi connectivity index (χ2n) is 3.80. The fraction of sp³-hybridized carbons (Fsp3) is 0.125. The molecule has 2 heteroatoms. The highest BCUT2D eigenvalue weighted by molar-refractivity contribution is 5.36. The van der Waals surface area contributed by atoms with Crippen molar-refractivity contribution in [1.82, 2.24) is 0 Å². The molecular formula is C16H15NO. The summed E-state index contributed by atoms with van der Waals surface area (Å²) in [6.07, 6.45) is 0. The Kier molecular flexibility index (Phi) is 4.40. The van der Waals surface area contributed by atoms with Crippen molar-refractivity contribution in [3.63, 3.8) is 0 Å². The molecule has 0 spiro atoms. The third-order valence-electron chi connectivity index (χ3n) is 2.44. The van der Waals surface area contributed by atoms with E-state index < -0.39 is 0 Å². The molecule has 0 fully saturated rings. The number of benzene rings is 2. The van der Waals surface area contributed by atoms with Gasteiger partial charge in [0.1, 0.15) is 12.4 Å². The first-order valence-electron chi connectivity index (χ1n) is 5.84. The summed E-state index contributed by atoms with van der Waals surface area (Å²) in [7, 11) is 0. The molecule has 0 aliphatic rings. The van der Waals surface area contributed by atoms with Gasteiger partial charge in [-0.1, -0.05) is 42.2 Å². The maximum absolute atomic E-state index is 5.66. The van der Waals surface area contributed by atoms with Gasteiger partial charge in [0.25, 0.3) is 0 Å². The van der Waals surface area contributed by atoms with Crippen LogP contribution in [0, 0.1) is 11.8 Å². The van der Waals surface area contributed by atoms with E-state index >= 15 is 0 Å². The van der Waals surface area contributed by atoms with Crippen LogP contribution in [0.15, 0.2) is 54.6 Å². The molecule has 0 bridgehead atoms. The predicted octanol–water partition coefficient (Wildman–Crippen LogP) is 2.58. The minimum absolute atomic E-state index is 0.388. The summed E-state index contributed by atoms with van der Waals surface area (Å²) in [5, 5.41) is 0. The van der Waals surface area contributed by atoms with Crippen LogP contribution in [0.2, 0.25) is 0 Å². The van der Waals surface area contributed by atoms with E-state index in [-0.39, 0.29) is 0 Å². The molecule has 0 saturated carbocycles. The zero-order valence-electron chi connectivity index (χ0n) is 10.1. The Bertz CT molecular complexity index is 535. The van der Waals surface area contributed by atoms with E-state index in [0.717, 1.165) is 16.9 Å². The molecule has 0 aliphatic carbocycles. The maximum Gasteiger partial charge on any atom is 0.119 e. The molecule has 0 atom stereocenters. The number of hydrogen-bond acceptors (Lipinski definition) is 2. The highest BCUT2D eigenvalue weighted by Crippen LogP contribution is 2.12. The summed E-state index contributed by atoms with van der Waals surface area (Å²) in [6, 6.07) is 17.8. The molecule has 2 aromatic rings. The Morgan fingerprint density at radius 2 is 1.67 bits per heavy atom. The van der Waals surface area contributed by atoms with Gasteiger partial charge in [-0.3, -0.25) is 0 Å². The molecule has 2 rings (SSSR count). The quantitative estimate of drug-likeness (QED) is 0.833. The fourth-order valence-electron chi connectivity index (χ4n) is 1.52. The molecular weight excluding hydrogens is 222 g/mol. The van der Waals surface area contributed by atoms with Crippen molar-refractivity contribution in [2.75, 3.05) is 6.54 Å². The summed E-state index contributed by atoms with van der Waals surface area (Å²) in [4.78, 5) is 0. The minimum atomic E-state index is 0.388. The summed E-state index contributed by atoms with van der Waals surface area (Å²) in [6.45, 7) is 0.952. The Hall–Kier alpha value is -2.24. The minimum Gasteiger partial charge on any atom is -0.489 e. The number of para-hydroxylation sites is 1. The lowest BCUT2D eigenvalue weighted by Gasteiger charge is -2.05. The number of ether oxygens (including phenoxy) is 1. The van der Waals surface area contributed by atoms with Crippen molar-refractivity contribution >= 4 is 0 Å². The third kappa shape index (κ3) is 3.65. The van der Waals surface area contributed by atoms with Gasteiger partial charge in [-0.15, -0.1) is 0 Å². The second-order valence-corrected chi connectivity index (χ2v) is 3.80. The molecule has 0 amide bonds. The van der Waals surface area contributed by atoms with Gasteiger partial charge in [0.05, 0.1) is 6.54 Å². The van der Waals surface area contributed by atoms with E-state index in [4.69, 9.17) is 10.5 Å². The highest BCUT2D eigenvalue weighted by atomic mass is 16.5. The highest BCUT2D eigenvalue weighted by Gasteiger charge is 1.95. The van der Waals surface area contributed by atoms with Crippen LogP contribution in [-0.2, 0) is 6.61 Å². The van der Waals surface area contributed by atoms with Gasteiger partial charge >= 0.3 is 0 Å². The van der Waals surface area contributed by atoms with Crippen molar-refractivity contribution in [1.29, 1.82) is 0 Å². The van der Waals surface area contributed by atoms with E-state index in [9.17, 15) is 0 Å². The van der Waals surface area contributed by atoms with Gasteiger partial charge in [0.15, 0.2) is 0 Å². The lowest BCUT2D eigenvalue weighted by molar-refractivity contribution is 0.306. The Morgan fingerprint density at radius 3 is 2.33 bits per heavy atom. The third-order valence-corrected chi connectivity index (χ3v) is 2.44. The van der Waals surface area contributed by atoms with E-state index in [1.54, 1.807) is 0 Å². The molecule has 0 heterocycles. The number of hydrogen-bond donors (Lipinski definition) is 1. The zero-order chi connectivity index (χ0) is 12.6. The molecule has 0 aromatic heterocycles. The fourth-order valence-corrected chi connectivity index (χ4v) is 1.52. The molecule has 0 radical (unpaired) electrons. The average Bonchev–Trinajstić information content (AvgIpc) is 2.45. The van der Waals surface area contributed by atoms with Crippen molar-refractivity contribution < 1.29 is 4.74 Å². The lowest BCUT2D eigenvalue weighted by Crippen LogP contribution is -1.95. The monoisotopic (exact) mass is 237 g/mol. The van der Waals surface area contributed by atoms with E-state index in [0.29, 0.717) is 13.2 Å². The van der Waals surface area contributed by atoms with Crippen LogP contribution in [0.4, 0.5) is 0 Å². The van der Waals surface area contributed by atoms with Crippen LogP contribution in [0.5, 0.6) is 5.75 Å². The van der Waals surface area contributed by atoms with E-state index in [1.807, 2.05) is 54.6 Å². The first-order valence-corrected chi connectivity index (χ1v) is 5.84. The second kappa shape index (κ2) is 6.48. The average molecular weight is 237 g/mol. The smallest absolute Gasteiger partial charge is 0.119 e. The van der Waals surface area contributed by atoms with E-state index in [1.165, 1.54) is 0 Å². The standard InChI is InChI=1S/C16H15NO/c17-12-4-5-14-8-10-15(11-9-14)13-18-16-6-2-1-3-7-16/h1-3,6-11H,12-13,17H2. The van der Waals surface area contributed by atoms with Crippen LogP contribution in [-0.4, -0.2) is 6.54 Å². The Balaban J connectivity index is 1.94. The van der Waals surface area contributed by atoms with Gasteiger partial charge < -0.3 is 10.5 Å². The van der Waals surface area contributed by atoms with Crippen molar-refractivity contribution in [3.8, 4) is 17.6 Å². The largest absolute Gasteiger partial charge is 0.489 e. The van der Waals surface area contributed by atoms with Crippen LogP contribution in [0.3, 0.4) is 0 Å². The number of nitrogens with two attached hydrogens (primary N) is 1. The van der Waals surface area contributed by atoms with Crippen LogP contribution in [0.25, 0.3) is 0 Å². The van der Waals surface area contributed by atoms with E-state index in [2.05, 4.69) is 11.8 Å². The molecule has 90 valence electrons. The molecule has 2 aromatic carbocycles. The van der Waals surface area contributed by atoms with Gasteiger partial charge in [0.2, 0.25) is 0 Å². The summed E-state index contributed by atoms with van der Waals surface area (Å²) in [5.74, 6) is 6.70. The first kappa shape index (κ1) is 12.2. The molecule has 0 unspecified atom stereocenters. The van der Waals surface area contributed by atoms with Crippen LogP contribution < -0.4 is 10.5 Å². The summed E-state index contributed by atoms with van der Waals surface area (Å²) < 4.78 is 5.66.